The molecule has 0 spiro atoms. The van der Waals surface area contributed by atoms with Crippen LogP contribution in [-0.2, 0) is 6.42 Å². The molecule has 2 aromatic rings. The fourth-order valence-corrected chi connectivity index (χ4v) is 2.31. The molecule has 2 rings (SSSR count). The van der Waals surface area contributed by atoms with Crippen LogP contribution in [0.25, 0.3) is 0 Å². The SMILES string of the molecule is C[C@H](O)[C@@H](CCc1ccccc1O)n1cnc(C(N)=O)c1. The van der Waals surface area contributed by atoms with Crippen LogP contribution < -0.4 is 5.73 Å². The molecule has 112 valence electrons. The summed E-state index contributed by atoms with van der Waals surface area (Å²) in [5, 5.41) is 19.7. The van der Waals surface area contributed by atoms with Gasteiger partial charge in [-0.15, -0.1) is 0 Å². The van der Waals surface area contributed by atoms with E-state index < -0.39 is 12.0 Å². The minimum atomic E-state index is -0.620. The Morgan fingerprint density at radius 1 is 1.43 bits per heavy atom. The first kappa shape index (κ1) is 15.1. The van der Waals surface area contributed by atoms with Crippen LogP contribution in [0, 0.1) is 0 Å². The van der Waals surface area contributed by atoms with Gasteiger partial charge in [-0.2, -0.15) is 0 Å². The van der Waals surface area contributed by atoms with E-state index in [1.54, 1.807) is 23.6 Å². The van der Waals surface area contributed by atoms with E-state index in [4.69, 9.17) is 5.73 Å². The van der Waals surface area contributed by atoms with E-state index in [-0.39, 0.29) is 17.5 Å². The number of benzene rings is 1. The standard InChI is InChI=1S/C15H19N3O3/c1-10(19)13(18-8-12(15(16)21)17-9-18)7-6-11-4-2-3-5-14(11)20/h2-5,8-10,13,19-20H,6-7H2,1H3,(H2,16,21)/t10-,13+/m0/s1. The number of para-hydroxylation sites is 1. The Morgan fingerprint density at radius 2 is 2.14 bits per heavy atom. The lowest BCUT2D eigenvalue weighted by molar-refractivity contribution is 0.0994. The zero-order chi connectivity index (χ0) is 15.4. The average molecular weight is 289 g/mol. The quantitative estimate of drug-likeness (QED) is 0.744. The van der Waals surface area contributed by atoms with Crippen molar-refractivity contribution in [2.45, 2.75) is 31.9 Å². The van der Waals surface area contributed by atoms with Gasteiger partial charge in [0.15, 0.2) is 0 Å². The Hall–Kier alpha value is -2.34. The summed E-state index contributed by atoms with van der Waals surface area (Å²) in [6.45, 7) is 1.68. The minimum absolute atomic E-state index is 0.170. The molecule has 6 nitrogen and oxygen atoms in total. The zero-order valence-electron chi connectivity index (χ0n) is 11.8. The summed E-state index contributed by atoms with van der Waals surface area (Å²) < 4.78 is 1.69. The van der Waals surface area contributed by atoms with Crippen molar-refractivity contribution in [2.75, 3.05) is 0 Å². The minimum Gasteiger partial charge on any atom is -0.508 e. The number of phenols is 1. The first-order chi connectivity index (χ1) is 9.99. The van der Waals surface area contributed by atoms with E-state index in [2.05, 4.69) is 4.98 Å². The van der Waals surface area contributed by atoms with Gasteiger partial charge >= 0.3 is 0 Å². The van der Waals surface area contributed by atoms with Gasteiger partial charge in [-0.1, -0.05) is 18.2 Å². The lowest BCUT2D eigenvalue weighted by Crippen LogP contribution is -2.21. The summed E-state index contributed by atoms with van der Waals surface area (Å²) >= 11 is 0. The van der Waals surface area contributed by atoms with E-state index in [0.717, 1.165) is 5.56 Å². The fraction of sp³-hybridized carbons (Fsp3) is 0.333. The Morgan fingerprint density at radius 3 is 2.71 bits per heavy atom. The van der Waals surface area contributed by atoms with Crippen molar-refractivity contribution in [3.63, 3.8) is 0 Å². The molecule has 6 heteroatoms. The molecule has 0 aliphatic rings. The third-order valence-electron chi connectivity index (χ3n) is 3.49. The molecule has 2 atom stereocenters. The van der Waals surface area contributed by atoms with Crippen molar-refractivity contribution in [3.8, 4) is 5.75 Å². The van der Waals surface area contributed by atoms with Crippen LogP contribution in [0.2, 0.25) is 0 Å². The molecule has 0 radical (unpaired) electrons. The molecule has 21 heavy (non-hydrogen) atoms. The van der Waals surface area contributed by atoms with E-state index >= 15 is 0 Å². The maximum absolute atomic E-state index is 11.1. The number of aliphatic hydroxyl groups is 1. The van der Waals surface area contributed by atoms with Crippen LogP contribution in [0.5, 0.6) is 5.75 Å². The van der Waals surface area contributed by atoms with Gasteiger partial charge in [0.05, 0.1) is 18.5 Å². The third-order valence-corrected chi connectivity index (χ3v) is 3.49. The van der Waals surface area contributed by atoms with Gasteiger partial charge in [-0.05, 0) is 31.4 Å². The monoisotopic (exact) mass is 289 g/mol. The summed E-state index contributed by atoms with van der Waals surface area (Å²) in [5.74, 6) is -0.357. The summed E-state index contributed by atoms with van der Waals surface area (Å²) in [5.41, 5.74) is 6.17. The highest BCUT2D eigenvalue weighted by molar-refractivity contribution is 5.90. The van der Waals surface area contributed by atoms with Crippen molar-refractivity contribution in [3.05, 3.63) is 48.0 Å². The van der Waals surface area contributed by atoms with Crippen molar-refractivity contribution < 1.29 is 15.0 Å². The van der Waals surface area contributed by atoms with Crippen LogP contribution in [0.3, 0.4) is 0 Å². The molecule has 0 unspecified atom stereocenters. The normalized spacial score (nSPS) is 13.8. The molecule has 1 amide bonds. The topological polar surface area (TPSA) is 101 Å². The number of rotatable bonds is 6. The molecule has 0 saturated carbocycles. The number of aliphatic hydroxyl groups excluding tert-OH is 1. The molecule has 0 bridgehead atoms. The van der Waals surface area contributed by atoms with Gasteiger partial charge in [-0.3, -0.25) is 4.79 Å². The van der Waals surface area contributed by atoms with Gasteiger partial charge in [-0.25, -0.2) is 4.98 Å². The second kappa shape index (κ2) is 6.41. The first-order valence-corrected chi connectivity index (χ1v) is 6.77. The number of phenolic OH excluding ortho intramolecular Hbond substituents is 1. The van der Waals surface area contributed by atoms with Gasteiger partial charge < -0.3 is 20.5 Å². The highest BCUT2D eigenvalue weighted by atomic mass is 16.3. The Balaban J connectivity index is 2.12. The number of aromatic hydroxyl groups is 1. The fourth-order valence-electron chi connectivity index (χ4n) is 2.31. The number of primary amides is 1. The second-order valence-electron chi connectivity index (χ2n) is 5.05. The highest BCUT2D eigenvalue weighted by Crippen LogP contribution is 2.23. The van der Waals surface area contributed by atoms with Crippen molar-refractivity contribution in [1.82, 2.24) is 9.55 Å². The summed E-state index contributed by atoms with van der Waals surface area (Å²) in [7, 11) is 0. The molecule has 0 fully saturated rings. The maximum Gasteiger partial charge on any atom is 0.268 e. The van der Waals surface area contributed by atoms with Crippen LogP contribution >= 0.6 is 0 Å². The summed E-state index contributed by atoms with van der Waals surface area (Å²) in [6, 6.07) is 6.85. The van der Waals surface area contributed by atoms with E-state index in [9.17, 15) is 15.0 Å². The smallest absolute Gasteiger partial charge is 0.268 e. The summed E-state index contributed by atoms with van der Waals surface area (Å²) in [4.78, 5) is 15.0. The van der Waals surface area contributed by atoms with Gasteiger partial charge in [0.25, 0.3) is 5.91 Å². The Bertz CT molecular complexity index is 622. The molecule has 4 N–H and O–H groups in total. The first-order valence-electron chi connectivity index (χ1n) is 6.77. The average Bonchev–Trinajstić information content (AvgIpc) is 2.90. The largest absolute Gasteiger partial charge is 0.508 e. The second-order valence-corrected chi connectivity index (χ2v) is 5.05. The molecule has 1 heterocycles. The molecular formula is C15H19N3O3. The van der Waals surface area contributed by atoms with E-state index in [0.29, 0.717) is 12.8 Å². The van der Waals surface area contributed by atoms with Crippen molar-refractivity contribution in [1.29, 1.82) is 0 Å². The number of aromatic nitrogens is 2. The number of hydrogen-bond acceptors (Lipinski definition) is 4. The van der Waals surface area contributed by atoms with E-state index in [1.165, 1.54) is 12.5 Å². The third kappa shape index (κ3) is 3.61. The highest BCUT2D eigenvalue weighted by Gasteiger charge is 2.19. The number of nitrogens with two attached hydrogens (primary N) is 1. The number of hydrogen-bond donors (Lipinski definition) is 3. The number of imidazole rings is 1. The molecule has 1 aromatic carbocycles. The molecule has 0 aliphatic heterocycles. The molecular weight excluding hydrogens is 270 g/mol. The van der Waals surface area contributed by atoms with Gasteiger partial charge in [0.1, 0.15) is 11.4 Å². The van der Waals surface area contributed by atoms with Crippen molar-refractivity contribution in [2.24, 2.45) is 5.73 Å². The predicted molar refractivity (Wildman–Crippen MR) is 77.9 cm³/mol. The Labute approximate surface area is 122 Å². The maximum atomic E-state index is 11.1. The number of amides is 1. The number of carbonyl (C=O) groups excluding carboxylic acids is 1. The molecule has 0 aliphatic carbocycles. The molecule has 1 aromatic heterocycles. The van der Waals surface area contributed by atoms with Crippen LogP contribution in [-0.4, -0.2) is 31.8 Å². The van der Waals surface area contributed by atoms with Crippen LogP contribution in [0.1, 0.15) is 35.4 Å². The molecule has 0 saturated heterocycles. The van der Waals surface area contributed by atoms with Crippen LogP contribution in [0.15, 0.2) is 36.8 Å². The van der Waals surface area contributed by atoms with Crippen LogP contribution in [0.4, 0.5) is 0 Å². The Kier molecular flexibility index (Phi) is 4.59. The predicted octanol–water partition coefficient (Wildman–Crippen LogP) is 1.24. The number of carbonyl (C=O) groups is 1. The lowest BCUT2D eigenvalue weighted by atomic mass is 10.0. The lowest BCUT2D eigenvalue weighted by Gasteiger charge is -2.21. The van der Waals surface area contributed by atoms with Gasteiger partial charge in [0, 0.05) is 6.20 Å². The van der Waals surface area contributed by atoms with E-state index in [1.807, 2.05) is 12.1 Å². The number of nitrogens with zero attached hydrogens (tertiary/aromatic N) is 2. The zero-order valence-corrected chi connectivity index (χ0v) is 11.8. The number of aryl methyl sites for hydroxylation is 1. The summed E-state index contributed by atoms with van der Waals surface area (Å²) in [6.07, 6.45) is 3.61. The van der Waals surface area contributed by atoms with Crippen molar-refractivity contribution >= 4 is 5.91 Å². The van der Waals surface area contributed by atoms with Gasteiger partial charge in [0.2, 0.25) is 0 Å².